The SMILES string of the molecule is CC(C)(C)OC(=O)NC1CC(OS(=O)[O-])C1. The third-order valence-electron chi connectivity index (χ3n) is 2.03. The summed E-state index contributed by atoms with van der Waals surface area (Å²) >= 11 is -2.48. The second-order valence-electron chi connectivity index (χ2n) is 4.74. The molecule has 94 valence electrons. The van der Waals surface area contributed by atoms with Crippen LogP contribution in [0.15, 0.2) is 0 Å². The van der Waals surface area contributed by atoms with Gasteiger partial charge in [0.1, 0.15) is 5.60 Å². The molecule has 0 bridgehead atoms. The van der Waals surface area contributed by atoms with E-state index in [9.17, 15) is 13.6 Å². The fraction of sp³-hybridized carbons (Fsp3) is 0.889. The van der Waals surface area contributed by atoms with Crippen LogP contribution in [0.1, 0.15) is 33.6 Å². The van der Waals surface area contributed by atoms with Crippen LogP contribution in [0.2, 0.25) is 0 Å². The highest BCUT2D eigenvalue weighted by molar-refractivity contribution is 7.74. The molecule has 1 fully saturated rings. The van der Waals surface area contributed by atoms with Gasteiger partial charge in [0.15, 0.2) is 0 Å². The van der Waals surface area contributed by atoms with E-state index >= 15 is 0 Å². The van der Waals surface area contributed by atoms with Crippen LogP contribution >= 0.6 is 0 Å². The van der Waals surface area contributed by atoms with Gasteiger partial charge in [0, 0.05) is 6.04 Å². The van der Waals surface area contributed by atoms with Crippen molar-refractivity contribution >= 4 is 17.5 Å². The van der Waals surface area contributed by atoms with Gasteiger partial charge >= 0.3 is 6.09 Å². The van der Waals surface area contributed by atoms with Crippen molar-refractivity contribution in [2.45, 2.75) is 51.4 Å². The lowest BCUT2D eigenvalue weighted by atomic mass is 9.90. The lowest BCUT2D eigenvalue weighted by Gasteiger charge is -2.35. The highest BCUT2D eigenvalue weighted by Gasteiger charge is 2.32. The average molecular weight is 250 g/mol. The summed E-state index contributed by atoms with van der Waals surface area (Å²) in [6, 6.07) is -0.0663. The molecule has 1 unspecified atom stereocenters. The molecule has 6 nitrogen and oxygen atoms in total. The number of carbonyl (C=O) groups excluding carboxylic acids is 1. The predicted molar refractivity (Wildman–Crippen MR) is 56.2 cm³/mol. The first kappa shape index (κ1) is 13.4. The molecule has 0 saturated heterocycles. The Kier molecular flexibility index (Phi) is 4.28. The third kappa shape index (κ3) is 4.91. The van der Waals surface area contributed by atoms with Crippen molar-refractivity contribution in [2.75, 3.05) is 0 Å². The first-order valence-corrected chi connectivity index (χ1v) is 6.02. The van der Waals surface area contributed by atoms with Crippen LogP contribution in [-0.2, 0) is 20.3 Å². The molecule has 0 heterocycles. The minimum absolute atomic E-state index is 0.0663. The Morgan fingerprint density at radius 2 is 2.00 bits per heavy atom. The molecule has 1 rings (SSSR count). The van der Waals surface area contributed by atoms with E-state index in [-0.39, 0.29) is 12.1 Å². The van der Waals surface area contributed by atoms with E-state index < -0.39 is 23.1 Å². The van der Waals surface area contributed by atoms with Gasteiger partial charge in [-0.2, -0.15) is 0 Å². The van der Waals surface area contributed by atoms with E-state index in [1.165, 1.54) is 0 Å². The number of amides is 1. The summed E-state index contributed by atoms with van der Waals surface area (Å²) in [6.45, 7) is 5.33. The van der Waals surface area contributed by atoms with E-state index in [0.717, 1.165) is 0 Å². The highest BCUT2D eigenvalue weighted by atomic mass is 32.2. The molecule has 0 radical (unpaired) electrons. The van der Waals surface area contributed by atoms with Crippen molar-refractivity contribution < 1.29 is 22.5 Å². The first-order chi connectivity index (χ1) is 7.26. The minimum atomic E-state index is -2.48. The standard InChI is InChI=1S/C9H17NO5S/c1-9(2,3)14-8(11)10-6-4-7(5-6)15-16(12)13/h6-7H,4-5H2,1-3H3,(H,10,11)(H,12,13)/p-1. The Labute approximate surface area is 97.2 Å². The first-order valence-electron chi connectivity index (χ1n) is 5.02. The third-order valence-corrected chi connectivity index (χ3v) is 2.46. The largest absolute Gasteiger partial charge is 0.750 e. The smallest absolute Gasteiger partial charge is 0.407 e. The molecular formula is C9H16NO5S-. The zero-order valence-electron chi connectivity index (χ0n) is 9.52. The van der Waals surface area contributed by atoms with Gasteiger partial charge < -0.3 is 14.6 Å². The molecule has 1 N–H and O–H groups in total. The highest BCUT2D eigenvalue weighted by Crippen LogP contribution is 2.24. The topological polar surface area (TPSA) is 87.7 Å². The van der Waals surface area contributed by atoms with Crippen LogP contribution in [0.5, 0.6) is 0 Å². The van der Waals surface area contributed by atoms with E-state index in [2.05, 4.69) is 9.50 Å². The molecule has 0 aromatic carbocycles. The number of alkyl carbamates (subject to hydrolysis) is 1. The van der Waals surface area contributed by atoms with Gasteiger partial charge in [0.25, 0.3) is 0 Å². The summed E-state index contributed by atoms with van der Waals surface area (Å²) in [7, 11) is 0. The van der Waals surface area contributed by atoms with Gasteiger partial charge in [-0.15, -0.1) is 0 Å². The summed E-state index contributed by atoms with van der Waals surface area (Å²) in [5, 5.41) is 2.63. The maximum atomic E-state index is 11.3. The van der Waals surface area contributed by atoms with Crippen LogP contribution in [0.3, 0.4) is 0 Å². The van der Waals surface area contributed by atoms with Crippen molar-refractivity contribution in [1.29, 1.82) is 0 Å². The zero-order valence-corrected chi connectivity index (χ0v) is 10.3. The van der Waals surface area contributed by atoms with Crippen LogP contribution in [-0.4, -0.2) is 32.6 Å². The van der Waals surface area contributed by atoms with E-state index in [0.29, 0.717) is 12.8 Å². The zero-order chi connectivity index (χ0) is 12.3. The molecule has 0 aliphatic heterocycles. The molecule has 1 saturated carbocycles. The van der Waals surface area contributed by atoms with Crippen molar-refractivity contribution in [3.63, 3.8) is 0 Å². The number of hydrogen-bond donors (Lipinski definition) is 1. The molecular weight excluding hydrogens is 234 g/mol. The Morgan fingerprint density at radius 3 is 2.44 bits per heavy atom. The molecule has 7 heteroatoms. The summed E-state index contributed by atoms with van der Waals surface area (Å²) in [4.78, 5) is 11.3. The van der Waals surface area contributed by atoms with Crippen molar-refractivity contribution in [3.8, 4) is 0 Å². The monoisotopic (exact) mass is 250 g/mol. The van der Waals surface area contributed by atoms with Crippen LogP contribution in [0.4, 0.5) is 4.79 Å². The second-order valence-corrected chi connectivity index (χ2v) is 5.34. The van der Waals surface area contributed by atoms with Crippen molar-refractivity contribution in [1.82, 2.24) is 5.32 Å². The van der Waals surface area contributed by atoms with E-state index in [1.807, 2.05) is 0 Å². The van der Waals surface area contributed by atoms with Gasteiger partial charge in [-0.1, -0.05) is 0 Å². The molecule has 1 aliphatic rings. The number of nitrogens with one attached hydrogen (secondary N) is 1. The number of ether oxygens (including phenoxy) is 1. The number of carbonyl (C=O) groups is 1. The Morgan fingerprint density at radius 1 is 1.44 bits per heavy atom. The quantitative estimate of drug-likeness (QED) is 0.750. The van der Waals surface area contributed by atoms with Crippen LogP contribution < -0.4 is 5.32 Å². The second kappa shape index (κ2) is 5.11. The fourth-order valence-electron chi connectivity index (χ4n) is 1.35. The van der Waals surface area contributed by atoms with Crippen LogP contribution in [0, 0.1) is 0 Å². The fourth-order valence-corrected chi connectivity index (χ4v) is 1.73. The number of rotatable bonds is 3. The van der Waals surface area contributed by atoms with Gasteiger partial charge in [-0.25, -0.2) is 9.00 Å². The van der Waals surface area contributed by atoms with Gasteiger partial charge in [-0.05, 0) is 33.6 Å². The summed E-state index contributed by atoms with van der Waals surface area (Å²) in [5.41, 5.74) is -0.528. The molecule has 0 aromatic heterocycles. The number of hydrogen-bond acceptors (Lipinski definition) is 5. The minimum Gasteiger partial charge on any atom is -0.750 e. The van der Waals surface area contributed by atoms with Gasteiger partial charge in [0.05, 0.1) is 17.5 Å². The van der Waals surface area contributed by atoms with Crippen molar-refractivity contribution in [2.24, 2.45) is 0 Å². The normalized spacial score (nSPS) is 26.8. The lowest BCUT2D eigenvalue weighted by molar-refractivity contribution is 0.0371. The molecule has 1 amide bonds. The molecule has 0 aromatic rings. The van der Waals surface area contributed by atoms with E-state index in [1.54, 1.807) is 20.8 Å². The van der Waals surface area contributed by atoms with Crippen LogP contribution in [0.25, 0.3) is 0 Å². The molecule has 1 aliphatic carbocycles. The Balaban J connectivity index is 2.17. The maximum Gasteiger partial charge on any atom is 0.407 e. The van der Waals surface area contributed by atoms with Gasteiger partial charge in [-0.3, -0.25) is 4.18 Å². The average Bonchev–Trinajstić information content (AvgIpc) is 1.95. The molecule has 1 atom stereocenters. The molecule has 0 spiro atoms. The Bertz CT molecular complexity index is 282. The Hall–Kier alpha value is -0.660. The maximum absolute atomic E-state index is 11.3. The summed E-state index contributed by atoms with van der Waals surface area (Å²) in [5.74, 6) is 0. The predicted octanol–water partition coefficient (Wildman–Crippen LogP) is 0.853. The summed E-state index contributed by atoms with van der Waals surface area (Å²) in [6.07, 6.45) is 0.179. The van der Waals surface area contributed by atoms with Gasteiger partial charge in [0.2, 0.25) is 0 Å². The van der Waals surface area contributed by atoms with Crippen molar-refractivity contribution in [3.05, 3.63) is 0 Å². The lowest BCUT2D eigenvalue weighted by Crippen LogP contribution is -2.49. The van der Waals surface area contributed by atoms with E-state index in [4.69, 9.17) is 4.74 Å². The summed E-state index contributed by atoms with van der Waals surface area (Å²) < 4.78 is 29.9. The molecule has 16 heavy (non-hydrogen) atoms.